The molecule has 0 aliphatic carbocycles. The second kappa shape index (κ2) is 8.16. The second-order valence-corrected chi connectivity index (χ2v) is 5.60. The second-order valence-electron chi connectivity index (χ2n) is 5.60. The largest absolute Gasteiger partial charge is 0.492 e. The number of nitriles is 1. The third-order valence-corrected chi connectivity index (χ3v) is 3.72. The summed E-state index contributed by atoms with van der Waals surface area (Å²) in [5.41, 5.74) is 1.53. The molecule has 6 heteroatoms. The molecule has 0 fully saturated rings. The Balaban J connectivity index is 2.15. The number of carbonyl (C=O) groups is 1. The highest BCUT2D eigenvalue weighted by Gasteiger charge is 2.15. The molecule has 0 bridgehead atoms. The summed E-state index contributed by atoms with van der Waals surface area (Å²) in [6.07, 6.45) is 4.41. The third-order valence-electron chi connectivity index (χ3n) is 3.72. The molecule has 0 aliphatic heterocycles. The van der Waals surface area contributed by atoms with Crippen molar-refractivity contribution in [2.75, 3.05) is 6.61 Å². The number of ether oxygens (including phenoxy) is 1. The lowest BCUT2D eigenvalue weighted by Crippen LogP contribution is -1.99. The van der Waals surface area contributed by atoms with Gasteiger partial charge in [-0.3, -0.25) is 0 Å². The standard InChI is InChI=1S/C18H21N3O3/c1-3-4-5-6-9-24-15-8-7-13(10-14(15)11-19)17-20-12(2)16(21-17)18(22)23/h7-8,10H,3-6,9H2,1-2H3,(H,20,21)(H,22,23). The van der Waals surface area contributed by atoms with Crippen LogP contribution in [0, 0.1) is 18.3 Å². The molecule has 1 aromatic heterocycles. The molecule has 2 aromatic rings. The lowest BCUT2D eigenvalue weighted by molar-refractivity contribution is 0.0690. The summed E-state index contributed by atoms with van der Waals surface area (Å²) in [7, 11) is 0. The van der Waals surface area contributed by atoms with Gasteiger partial charge in [-0.2, -0.15) is 5.26 Å². The van der Waals surface area contributed by atoms with Crippen molar-refractivity contribution in [3.8, 4) is 23.2 Å². The number of carboxylic acids is 1. The van der Waals surface area contributed by atoms with Crippen LogP contribution in [0.1, 0.15) is 54.4 Å². The van der Waals surface area contributed by atoms with E-state index in [-0.39, 0.29) is 5.69 Å². The zero-order valence-corrected chi connectivity index (χ0v) is 13.9. The zero-order valence-electron chi connectivity index (χ0n) is 13.9. The maximum atomic E-state index is 11.1. The number of aryl methyl sites for hydroxylation is 1. The van der Waals surface area contributed by atoms with Crippen LogP contribution in [0.15, 0.2) is 18.2 Å². The quantitative estimate of drug-likeness (QED) is 0.716. The number of imidazole rings is 1. The zero-order chi connectivity index (χ0) is 17.5. The van der Waals surface area contributed by atoms with Gasteiger partial charge in [-0.25, -0.2) is 9.78 Å². The average molecular weight is 327 g/mol. The summed E-state index contributed by atoms with van der Waals surface area (Å²) in [6.45, 7) is 4.38. The molecule has 2 rings (SSSR count). The summed E-state index contributed by atoms with van der Waals surface area (Å²) >= 11 is 0. The number of aromatic amines is 1. The van der Waals surface area contributed by atoms with Crippen LogP contribution < -0.4 is 4.74 Å². The SMILES string of the molecule is CCCCCCOc1ccc(-c2nc(C(=O)O)c(C)[nH]2)cc1C#N. The molecule has 0 saturated heterocycles. The van der Waals surface area contributed by atoms with Crippen LogP contribution >= 0.6 is 0 Å². The van der Waals surface area contributed by atoms with Crippen LogP contribution in [0.5, 0.6) is 5.75 Å². The Morgan fingerprint density at radius 1 is 1.38 bits per heavy atom. The molecule has 0 aliphatic rings. The van der Waals surface area contributed by atoms with Gasteiger partial charge in [0.15, 0.2) is 5.69 Å². The van der Waals surface area contributed by atoms with E-state index >= 15 is 0 Å². The Bertz CT molecular complexity index is 759. The minimum absolute atomic E-state index is 0.0141. The molecule has 24 heavy (non-hydrogen) atoms. The number of rotatable bonds is 8. The van der Waals surface area contributed by atoms with Crippen LogP contribution in [0.4, 0.5) is 0 Å². The van der Waals surface area contributed by atoms with Gasteiger partial charge in [-0.15, -0.1) is 0 Å². The van der Waals surface area contributed by atoms with Gasteiger partial charge in [-0.05, 0) is 31.5 Å². The van der Waals surface area contributed by atoms with Gasteiger partial charge in [0.25, 0.3) is 0 Å². The summed E-state index contributed by atoms with van der Waals surface area (Å²) in [4.78, 5) is 18.1. The van der Waals surface area contributed by atoms with Gasteiger partial charge in [0.1, 0.15) is 17.6 Å². The van der Waals surface area contributed by atoms with E-state index in [1.165, 1.54) is 12.8 Å². The smallest absolute Gasteiger partial charge is 0.356 e. The first kappa shape index (κ1) is 17.5. The van der Waals surface area contributed by atoms with Crippen LogP contribution in [0.3, 0.4) is 0 Å². The minimum Gasteiger partial charge on any atom is -0.492 e. The monoisotopic (exact) mass is 327 g/mol. The molecule has 0 spiro atoms. The van der Waals surface area contributed by atoms with Crippen LogP contribution in [0.25, 0.3) is 11.4 Å². The van der Waals surface area contributed by atoms with Crippen molar-refractivity contribution in [2.45, 2.75) is 39.5 Å². The van der Waals surface area contributed by atoms with E-state index < -0.39 is 5.97 Å². The number of nitrogens with zero attached hydrogens (tertiary/aromatic N) is 2. The molecule has 0 amide bonds. The van der Waals surface area contributed by atoms with Gasteiger partial charge in [0, 0.05) is 11.3 Å². The summed E-state index contributed by atoms with van der Waals surface area (Å²) in [5.74, 6) is -0.113. The highest BCUT2D eigenvalue weighted by Crippen LogP contribution is 2.26. The number of benzene rings is 1. The summed E-state index contributed by atoms with van der Waals surface area (Å²) in [5, 5.41) is 18.4. The number of hydrogen-bond acceptors (Lipinski definition) is 4. The maximum Gasteiger partial charge on any atom is 0.356 e. The molecular weight excluding hydrogens is 306 g/mol. The normalized spacial score (nSPS) is 10.4. The van der Waals surface area contributed by atoms with Gasteiger partial charge in [0.05, 0.1) is 12.2 Å². The highest BCUT2D eigenvalue weighted by atomic mass is 16.5. The van der Waals surface area contributed by atoms with Gasteiger partial charge >= 0.3 is 5.97 Å². The predicted octanol–water partition coefficient (Wildman–Crippen LogP) is 3.91. The Kier molecular flexibility index (Phi) is 5.96. The Morgan fingerprint density at radius 2 is 2.17 bits per heavy atom. The number of aromatic nitrogens is 2. The van der Waals surface area contributed by atoms with Crippen molar-refractivity contribution in [2.24, 2.45) is 0 Å². The number of aromatic carboxylic acids is 1. The Morgan fingerprint density at radius 3 is 2.79 bits per heavy atom. The molecule has 6 nitrogen and oxygen atoms in total. The fourth-order valence-electron chi connectivity index (χ4n) is 2.41. The van der Waals surface area contributed by atoms with Gasteiger partial charge < -0.3 is 14.8 Å². The van der Waals surface area contributed by atoms with E-state index in [1.54, 1.807) is 25.1 Å². The van der Waals surface area contributed by atoms with Crippen molar-refractivity contribution in [3.63, 3.8) is 0 Å². The Labute approximate surface area is 141 Å². The molecule has 0 unspecified atom stereocenters. The predicted molar refractivity (Wildman–Crippen MR) is 90.1 cm³/mol. The molecule has 0 radical (unpaired) electrons. The number of H-pyrrole nitrogens is 1. The first-order valence-corrected chi connectivity index (χ1v) is 8.04. The molecule has 2 N–H and O–H groups in total. The number of hydrogen-bond donors (Lipinski definition) is 2. The third kappa shape index (κ3) is 4.13. The van der Waals surface area contributed by atoms with E-state index in [2.05, 4.69) is 23.0 Å². The fourth-order valence-corrected chi connectivity index (χ4v) is 2.41. The van der Waals surface area contributed by atoms with E-state index in [4.69, 9.17) is 9.84 Å². The van der Waals surface area contributed by atoms with Crippen molar-refractivity contribution >= 4 is 5.97 Å². The summed E-state index contributed by atoms with van der Waals surface area (Å²) < 4.78 is 5.69. The first-order valence-electron chi connectivity index (χ1n) is 8.04. The number of unbranched alkanes of at least 4 members (excludes halogenated alkanes) is 3. The average Bonchev–Trinajstić information content (AvgIpc) is 2.97. The van der Waals surface area contributed by atoms with Crippen LogP contribution in [0.2, 0.25) is 0 Å². The number of carboxylic acid groups (broad SMARTS) is 1. The van der Waals surface area contributed by atoms with Crippen molar-refractivity contribution in [3.05, 3.63) is 35.2 Å². The lowest BCUT2D eigenvalue weighted by Gasteiger charge is -2.08. The Hall–Kier alpha value is -2.81. The van der Waals surface area contributed by atoms with Crippen molar-refractivity contribution in [1.29, 1.82) is 5.26 Å². The molecule has 0 saturated carbocycles. The minimum atomic E-state index is -1.08. The molecule has 126 valence electrons. The fraction of sp³-hybridized carbons (Fsp3) is 0.389. The molecular formula is C18H21N3O3. The van der Waals surface area contributed by atoms with Crippen molar-refractivity contribution in [1.82, 2.24) is 9.97 Å². The number of nitrogens with one attached hydrogen (secondary N) is 1. The van der Waals surface area contributed by atoms with E-state index in [9.17, 15) is 10.1 Å². The van der Waals surface area contributed by atoms with Crippen molar-refractivity contribution < 1.29 is 14.6 Å². The van der Waals surface area contributed by atoms with Crippen LogP contribution in [-0.2, 0) is 0 Å². The highest BCUT2D eigenvalue weighted by molar-refractivity contribution is 5.87. The van der Waals surface area contributed by atoms with Gasteiger partial charge in [0.2, 0.25) is 0 Å². The van der Waals surface area contributed by atoms with E-state index in [0.717, 1.165) is 12.8 Å². The van der Waals surface area contributed by atoms with E-state index in [0.29, 0.717) is 35.0 Å². The van der Waals surface area contributed by atoms with Gasteiger partial charge in [-0.1, -0.05) is 26.2 Å². The van der Waals surface area contributed by atoms with E-state index in [1.807, 2.05) is 0 Å². The molecule has 0 atom stereocenters. The lowest BCUT2D eigenvalue weighted by atomic mass is 10.1. The molecule has 1 aromatic carbocycles. The summed E-state index contributed by atoms with van der Waals surface area (Å²) in [6, 6.07) is 7.28. The first-order chi connectivity index (χ1) is 11.6. The topological polar surface area (TPSA) is 99.0 Å². The van der Waals surface area contributed by atoms with Crippen LogP contribution in [-0.4, -0.2) is 27.7 Å². The molecule has 1 heterocycles. The maximum absolute atomic E-state index is 11.1.